The van der Waals surface area contributed by atoms with Crippen LogP contribution in [0.3, 0.4) is 0 Å². The lowest BCUT2D eigenvalue weighted by Crippen LogP contribution is -2.28. The van der Waals surface area contributed by atoms with E-state index in [-0.39, 0.29) is 5.91 Å². The van der Waals surface area contributed by atoms with Crippen molar-refractivity contribution in [3.63, 3.8) is 0 Å². The van der Waals surface area contributed by atoms with Crippen LogP contribution in [0.2, 0.25) is 0 Å². The lowest BCUT2D eigenvalue weighted by atomic mass is 10.1. The second-order valence-electron chi connectivity index (χ2n) is 4.44. The van der Waals surface area contributed by atoms with Crippen molar-refractivity contribution in [2.75, 3.05) is 18.4 Å². The molecule has 0 aliphatic heterocycles. The molecule has 1 heterocycles. The van der Waals surface area contributed by atoms with Crippen molar-refractivity contribution in [3.05, 3.63) is 18.1 Å². The molecule has 0 aromatic carbocycles. The highest BCUT2D eigenvalue weighted by Gasteiger charge is 2.08. The Hall–Kier alpha value is -1.65. The highest BCUT2D eigenvalue weighted by molar-refractivity contribution is 5.91. The number of aromatic nitrogens is 2. The van der Waals surface area contributed by atoms with Gasteiger partial charge in [-0.15, -0.1) is 0 Å². The van der Waals surface area contributed by atoms with Crippen molar-refractivity contribution < 1.29 is 4.79 Å². The van der Waals surface area contributed by atoms with Gasteiger partial charge in [-0.1, -0.05) is 27.2 Å². The van der Waals surface area contributed by atoms with Gasteiger partial charge < -0.3 is 10.6 Å². The average Bonchev–Trinajstić information content (AvgIpc) is 2.42. The predicted molar refractivity (Wildman–Crippen MR) is 72.6 cm³/mol. The van der Waals surface area contributed by atoms with Crippen LogP contribution in [0.25, 0.3) is 0 Å². The molecule has 18 heavy (non-hydrogen) atoms. The minimum atomic E-state index is -0.162. The molecule has 0 saturated carbocycles. The third kappa shape index (κ3) is 4.69. The zero-order valence-electron chi connectivity index (χ0n) is 11.4. The van der Waals surface area contributed by atoms with Gasteiger partial charge in [0.05, 0.1) is 12.4 Å². The van der Waals surface area contributed by atoms with E-state index in [0.717, 1.165) is 19.4 Å². The lowest BCUT2D eigenvalue weighted by molar-refractivity contribution is 0.0942. The Morgan fingerprint density at radius 3 is 2.67 bits per heavy atom. The molecule has 0 spiro atoms. The molecule has 0 aliphatic carbocycles. The SMILES string of the molecule is CCCNc1cnc(C(=O)NCC(C)CC)cn1. The molecule has 0 saturated heterocycles. The van der Waals surface area contributed by atoms with Gasteiger partial charge in [0.25, 0.3) is 5.91 Å². The average molecular weight is 250 g/mol. The molecule has 1 aromatic heterocycles. The predicted octanol–water partition coefficient (Wildman–Crippen LogP) is 2.07. The van der Waals surface area contributed by atoms with E-state index >= 15 is 0 Å². The fourth-order valence-electron chi connectivity index (χ4n) is 1.29. The van der Waals surface area contributed by atoms with Crippen LogP contribution >= 0.6 is 0 Å². The second-order valence-corrected chi connectivity index (χ2v) is 4.44. The first-order valence-corrected chi connectivity index (χ1v) is 6.51. The Morgan fingerprint density at radius 1 is 1.33 bits per heavy atom. The molecule has 1 atom stereocenters. The molecule has 1 aromatic rings. The molecule has 0 aliphatic rings. The topological polar surface area (TPSA) is 66.9 Å². The van der Waals surface area contributed by atoms with E-state index in [1.807, 2.05) is 0 Å². The molecular formula is C13H22N4O. The van der Waals surface area contributed by atoms with Gasteiger partial charge in [0, 0.05) is 13.1 Å². The summed E-state index contributed by atoms with van der Waals surface area (Å²) in [4.78, 5) is 20.0. The summed E-state index contributed by atoms with van der Waals surface area (Å²) < 4.78 is 0. The molecule has 0 radical (unpaired) electrons. The fraction of sp³-hybridized carbons (Fsp3) is 0.615. The van der Waals surface area contributed by atoms with Gasteiger partial charge in [-0.2, -0.15) is 0 Å². The zero-order chi connectivity index (χ0) is 13.4. The summed E-state index contributed by atoms with van der Waals surface area (Å²) in [5, 5.41) is 5.96. The highest BCUT2D eigenvalue weighted by Crippen LogP contribution is 2.02. The van der Waals surface area contributed by atoms with Gasteiger partial charge in [-0.05, 0) is 12.3 Å². The molecule has 0 bridgehead atoms. The van der Waals surface area contributed by atoms with Crippen LogP contribution in [0.5, 0.6) is 0 Å². The molecule has 100 valence electrons. The van der Waals surface area contributed by atoms with Gasteiger partial charge >= 0.3 is 0 Å². The number of nitrogens with zero attached hydrogens (tertiary/aromatic N) is 2. The van der Waals surface area contributed by atoms with E-state index in [1.165, 1.54) is 6.20 Å². The summed E-state index contributed by atoms with van der Waals surface area (Å²) in [6.45, 7) is 7.81. The number of amides is 1. The smallest absolute Gasteiger partial charge is 0.271 e. The number of nitrogens with one attached hydrogen (secondary N) is 2. The van der Waals surface area contributed by atoms with Crippen LogP contribution in [-0.2, 0) is 0 Å². The largest absolute Gasteiger partial charge is 0.369 e. The molecule has 1 unspecified atom stereocenters. The molecule has 0 fully saturated rings. The van der Waals surface area contributed by atoms with E-state index in [4.69, 9.17) is 0 Å². The zero-order valence-corrected chi connectivity index (χ0v) is 11.4. The number of carbonyl (C=O) groups is 1. The van der Waals surface area contributed by atoms with Crippen molar-refractivity contribution in [1.29, 1.82) is 0 Å². The van der Waals surface area contributed by atoms with Gasteiger partial charge in [0.1, 0.15) is 11.5 Å². The Kier molecular flexibility index (Phi) is 6.11. The summed E-state index contributed by atoms with van der Waals surface area (Å²) in [5.41, 5.74) is 0.361. The Bertz CT molecular complexity index is 364. The fourth-order valence-corrected chi connectivity index (χ4v) is 1.29. The van der Waals surface area contributed by atoms with Crippen LogP contribution in [0.4, 0.5) is 5.82 Å². The quantitative estimate of drug-likeness (QED) is 0.777. The normalized spacial score (nSPS) is 11.9. The van der Waals surface area contributed by atoms with Crippen LogP contribution in [-0.4, -0.2) is 29.0 Å². The van der Waals surface area contributed by atoms with Crippen LogP contribution < -0.4 is 10.6 Å². The molecule has 5 nitrogen and oxygen atoms in total. The molecule has 1 rings (SSSR count). The van der Waals surface area contributed by atoms with Gasteiger partial charge in [-0.3, -0.25) is 4.79 Å². The molecule has 1 amide bonds. The molecular weight excluding hydrogens is 228 g/mol. The van der Waals surface area contributed by atoms with Gasteiger partial charge in [-0.25, -0.2) is 9.97 Å². The maximum absolute atomic E-state index is 11.8. The molecule has 5 heteroatoms. The minimum absolute atomic E-state index is 0.162. The van der Waals surface area contributed by atoms with Gasteiger partial charge in [0.15, 0.2) is 0 Å². The van der Waals surface area contributed by atoms with E-state index in [1.54, 1.807) is 6.20 Å². The second kappa shape index (κ2) is 7.63. The first kappa shape index (κ1) is 14.4. The van der Waals surface area contributed by atoms with Crippen molar-refractivity contribution in [3.8, 4) is 0 Å². The number of hydrogen-bond acceptors (Lipinski definition) is 4. The Balaban J connectivity index is 2.48. The van der Waals surface area contributed by atoms with Crippen LogP contribution in [0.1, 0.15) is 44.1 Å². The number of carbonyl (C=O) groups excluding carboxylic acids is 1. The standard InChI is InChI=1S/C13H22N4O/c1-4-6-14-12-9-15-11(8-16-12)13(18)17-7-10(3)5-2/h8-10H,4-7H2,1-3H3,(H,14,16)(H,17,18). The van der Waals surface area contributed by atoms with E-state index in [2.05, 4.69) is 41.4 Å². The summed E-state index contributed by atoms with van der Waals surface area (Å²) in [6, 6.07) is 0. The molecule has 2 N–H and O–H groups in total. The Labute approximate surface area is 108 Å². The summed E-state index contributed by atoms with van der Waals surface area (Å²) in [7, 11) is 0. The Morgan fingerprint density at radius 2 is 2.11 bits per heavy atom. The minimum Gasteiger partial charge on any atom is -0.369 e. The maximum Gasteiger partial charge on any atom is 0.271 e. The van der Waals surface area contributed by atoms with E-state index < -0.39 is 0 Å². The van der Waals surface area contributed by atoms with E-state index in [9.17, 15) is 4.79 Å². The highest BCUT2D eigenvalue weighted by atomic mass is 16.1. The number of hydrogen-bond donors (Lipinski definition) is 2. The first-order valence-electron chi connectivity index (χ1n) is 6.51. The van der Waals surface area contributed by atoms with Crippen molar-refractivity contribution >= 4 is 11.7 Å². The van der Waals surface area contributed by atoms with Crippen LogP contribution in [0.15, 0.2) is 12.4 Å². The van der Waals surface area contributed by atoms with Crippen molar-refractivity contribution in [2.45, 2.75) is 33.6 Å². The number of anilines is 1. The third-order valence-corrected chi connectivity index (χ3v) is 2.75. The van der Waals surface area contributed by atoms with Crippen molar-refractivity contribution in [1.82, 2.24) is 15.3 Å². The van der Waals surface area contributed by atoms with Crippen LogP contribution in [0, 0.1) is 5.92 Å². The summed E-state index contributed by atoms with van der Waals surface area (Å²) in [5.74, 6) is 1.02. The monoisotopic (exact) mass is 250 g/mol. The van der Waals surface area contributed by atoms with Gasteiger partial charge in [0.2, 0.25) is 0 Å². The maximum atomic E-state index is 11.8. The van der Waals surface area contributed by atoms with E-state index in [0.29, 0.717) is 24.0 Å². The number of rotatable bonds is 7. The summed E-state index contributed by atoms with van der Waals surface area (Å²) >= 11 is 0. The lowest BCUT2D eigenvalue weighted by Gasteiger charge is -2.09. The first-order chi connectivity index (χ1) is 8.67. The summed E-state index contributed by atoms with van der Waals surface area (Å²) in [6.07, 6.45) is 5.17. The third-order valence-electron chi connectivity index (χ3n) is 2.75. The van der Waals surface area contributed by atoms with Crippen molar-refractivity contribution in [2.24, 2.45) is 5.92 Å².